The monoisotopic (exact) mass is 322 g/mol. The Hall–Kier alpha value is -1.76. The van der Waals surface area contributed by atoms with Crippen molar-refractivity contribution in [3.63, 3.8) is 0 Å². The van der Waals surface area contributed by atoms with Crippen molar-refractivity contribution in [2.24, 2.45) is 11.8 Å². The zero-order chi connectivity index (χ0) is 17.0. The van der Waals surface area contributed by atoms with E-state index in [1.807, 2.05) is 0 Å². The van der Waals surface area contributed by atoms with E-state index in [4.69, 9.17) is 4.74 Å². The van der Waals surface area contributed by atoms with E-state index in [0.717, 1.165) is 24.5 Å². The van der Waals surface area contributed by atoms with Gasteiger partial charge >= 0.3 is 0 Å². The first-order valence-electron chi connectivity index (χ1n) is 9.33. The topological polar surface area (TPSA) is 9.23 Å². The Morgan fingerprint density at radius 3 is 2.62 bits per heavy atom. The van der Waals surface area contributed by atoms with Gasteiger partial charge in [-0.1, -0.05) is 75.8 Å². The van der Waals surface area contributed by atoms with Crippen LogP contribution in [0.2, 0.25) is 0 Å². The second-order valence-electron chi connectivity index (χ2n) is 7.90. The number of hydrogen-bond acceptors (Lipinski definition) is 1. The minimum Gasteiger partial charge on any atom is -0.490 e. The predicted octanol–water partition coefficient (Wildman–Crippen LogP) is 6.19. The van der Waals surface area contributed by atoms with Crippen LogP contribution in [0.3, 0.4) is 0 Å². The molecule has 1 aromatic carbocycles. The zero-order valence-corrected chi connectivity index (χ0v) is 15.2. The molecule has 0 heterocycles. The van der Waals surface area contributed by atoms with Crippen molar-refractivity contribution < 1.29 is 4.74 Å². The Bertz CT molecular complexity index is 621. The molecule has 1 nitrogen and oxygen atoms in total. The van der Waals surface area contributed by atoms with Gasteiger partial charge in [0.15, 0.2) is 0 Å². The van der Waals surface area contributed by atoms with Crippen molar-refractivity contribution in [3.05, 3.63) is 72.0 Å². The molecule has 24 heavy (non-hydrogen) atoms. The summed E-state index contributed by atoms with van der Waals surface area (Å²) in [6, 6.07) is 10.9. The first-order valence-corrected chi connectivity index (χ1v) is 9.33. The molecule has 0 saturated heterocycles. The van der Waals surface area contributed by atoms with Crippen LogP contribution in [-0.4, -0.2) is 6.10 Å². The first kappa shape index (κ1) is 17.1. The Morgan fingerprint density at radius 2 is 1.83 bits per heavy atom. The summed E-state index contributed by atoms with van der Waals surface area (Å²) in [5, 5.41) is 0. The van der Waals surface area contributed by atoms with Gasteiger partial charge in [-0.05, 0) is 48.3 Å². The highest BCUT2D eigenvalue weighted by Crippen LogP contribution is 2.44. The fraction of sp³-hybridized carbons (Fsp3) is 0.478. The van der Waals surface area contributed by atoms with Crippen LogP contribution in [0.4, 0.5) is 0 Å². The third-order valence-corrected chi connectivity index (χ3v) is 5.74. The molecule has 3 rings (SSSR count). The van der Waals surface area contributed by atoms with Gasteiger partial charge in [-0.25, -0.2) is 0 Å². The molecule has 0 bridgehead atoms. The van der Waals surface area contributed by atoms with Gasteiger partial charge in [0.25, 0.3) is 0 Å². The highest BCUT2D eigenvalue weighted by molar-refractivity contribution is 5.26. The number of benzene rings is 1. The van der Waals surface area contributed by atoms with E-state index in [-0.39, 0.29) is 11.5 Å². The minimum atomic E-state index is 0.122. The summed E-state index contributed by atoms with van der Waals surface area (Å²) < 4.78 is 6.53. The second-order valence-corrected chi connectivity index (χ2v) is 7.90. The van der Waals surface area contributed by atoms with E-state index in [1.165, 1.54) is 18.4 Å². The molecule has 0 aliphatic heterocycles. The van der Waals surface area contributed by atoms with Crippen molar-refractivity contribution in [1.29, 1.82) is 0 Å². The zero-order valence-electron chi connectivity index (χ0n) is 15.2. The van der Waals surface area contributed by atoms with Crippen molar-refractivity contribution in [2.75, 3.05) is 0 Å². The summed E-state index contributed by atoms with van der Waals surface area (Å²) in [4.78, 5) is 0. The van der Waals surface area contributed by atoms with E-state index in [2.05, 4.69) is 81.5 Å². The van der Waals surface area contributed by atoms with Gasteiger partial charge in [0.1, 0.15) is 11.9 Å². The van der Waals surface area contributed by atoms with Crippen LogP contribution in [0, 0.1) is 11.8 Å². The van der Waals surface area contributed by atoms with Crippen LogP contribution in [0.1, 0.15) is 52.0 Å². The van der Waals surface area contributed by atoms with E-state index in [9.17, 15) is 0 Å². The van der Waals surface area contributed by atoms with Crippen LogP contribution in [0.5, 0.6) is 0 Å². The van der Waals surface area contributed by atoms with Gasteiger partial charge in [0.05, 0.1) is 0 Å². The normalized spacial score (nSPS) is 27.5. The molecule has 0 radical (unpaired) electrons. The molecule has 1 aromatic rings. The summed E-state index contributed by atoms with van der Waals surface area (Å²) in [6.45, 7) is 7.13. The smallest absolute Gasteiger partial charge is 0.119 e. The molecule has 0 spiro atoms. The van der Waals surface area contributed by atoms with Crippen molar-refractivity contribution >= 4 is 0 Å². The number of ether oxygens (including phenoxy) is 1. The summed E-state index contributed by atoms with van der Waals surface area (Å²) in [6.07, 6.45) is 15.7. The lowest BCUT2D eigenvalue weighted by Crippen LogP contribution is -2.42. The van der Waals surface area contributed by atoms with Crippen molar-refractivity contribution in [3.8, 4) is 0 Å². The van der Waals surface area contributed by atoms with E-state index in [1.54, 1.807) is 0 Å². The number of allylic oxidation sites excluding steroid dienone is 5. The van der Waals surface area contributed by atoms with Crippen LogP contribution in [-0.2, 0) is 10.2 Å². The summed E-state index contributed by atoms with van der Waals surface area (Å²) in [5.74, 6) is 2.29. The molecule has 0 amide bonds. The molecule has 3 atom stereocenters. The molecule has 128 valence electrons. The average molecular weight is 322 g/mol. The molecular formula is C23H30O. The third kappa shape index (κ3) is 3.83. The lowest BCUT2D eigenvalue weighted by molar-refractivity contribution is -0.00682. The minimum absolute atomic E-state index is 0.122. The van der Waals surface area contributed by atoms with Crippen LogP contribution in [0.25, 0.3) is 0 Å². The van der Waals surface area contributed by atoms with E-state index in [0.29, 0.717) is 5.92 Å². The SMILES string of the molecule is C[C@@H]1CC[C@@H](C(C)(C)c2ccccc2)[C@H](OC2=CC=CCC=C2)C1. The molecular weight excluding hydrogens is 292 g/mol. The lowest BCUT2D eigenvalue weighted by Gasteiger charge is -2.44. The third-order valence-electron chi connectivity index (χ3n) is 5.74. The van der Waals surface area contributed by atoms with E-state index >= 15 is 0 Å². The summed E-state index contributed by atoms with van der Waals surface area (Å²) in [7, 11) is 0. The molecule has 0 N–H and O–H groups in total. The summed E-state index contributed by atoms with van der Waals surface area (Å²) in [5.41, 5.74) is 1.54. The second kappa shape index (κ2) is 7.42. The van der Waals surface area contributed by atoms with Crippen LogP contribution >= 0.6 is 0 Å². The standard InChI is InChI=1S/C23H30O/c1-18-15-16-21(23(2,3)19-11-7-6-8-12-19)22(17-18)24-20-13-9-4-5-10-14-20/h4,6-14,18,21-22H,5,15-17H2,1-3H3/t18-,21-,22-/m1/s1. The van der Waals surface area contributed by atoms with Gasteiger partial charge in [0.2, 0.25) is 0 Å². The Balaban J connectivity index is 1.84. The maximum atomic E-state index is 6.53. The molecule has 2 aliphatic carbocycles. The van der Waals surface area contributed by atoms with Crippen LogP contribution in [0.15, 0.2) is 66.5 Å². The van der Waals surface area contributed by atoms with Gasteiger partial charge < -0.3 is 4.74 Å². The fourth-order valence-corrected chi connectivity index (χ4v) is 4.18. The first-order chi connectivity index (χ1) is 11.6. The van der Waals surface area contributed by atoms with Gasteiger partial charge in [0, 0.05) is 5.92 Å². The van der Waals surface area contributed by atoms with E-state index < -0.39 is 0 Å². The molecule has 2 aliphatic rings. The van der Waals surface area contributed by atoms with Gasteiger partial charge in [-0.2, -0.15) is 0 Å². The van der Waals surface area contributed by atoms with Crippen molar-refractivity contribution in [2.45, 2.75) is 58.0 Å². The quantitative estimate of drug-likeness (QED) is 0.642. The highest BCUT2D eigenvalue weighted by atomic mass is 16.5. The molecule has 1 heteroatoms. The molecule has 0 aromatic heterocycles. The van der Waals surface area contributed by atoms with Crippen molar-refractivity contribution in [1.82, 2.24) is 0 Å². The average Bonchev–Trinajstić information content (AvgIpc) is 2.84. The van der Waals surface area contributed by atoms with Gasteiger partial charge in [-0.3, -0.25) is 0 Å². The molecule has 0 unspecified atom stereocenters. The fourth-order valence-electron chi connectivity index (χ4n) is 4.18. The largest absolute Gasteiger partial charge is 0.490 e. The lowest BCUT2D eigenvalue weighted by atomic mass is 9.64. The number of rotatable bonds is 4. The maximum Gasteiger partial charge on any atom is 0.119 e. The van der Waals surface area contributed by atoms with Crippen LogP contribution < -0.4 is 0 Å². The van der Waals surface area contributed by atoms with Gasteiger partial charge in [-0.15, -0.1) is 0 Å². The maximum absolute atomic E-state index is 6.53. The summed E-state index contributed by atoms with van der Waals surface area (Å²) >= 11 is 0. The Labute approximate surface area is 147 Å². The number of hydrogen-bond donors (Lipinski definition) is 0. The molecule has 1 saturated carbocycles. The highest BCUT2D eigenvalue weighted by Gasteiger charge is 2.41. The molecule has 1 fully saturated rings. The predicted molar refractivity (Wildman–Crippen MR) is 102 cm³/mol. The Kier molecular flexibility index (Phi) is 5.28. The Morgan fingerprint density at radius 1 is 1.04 bits per heavy atom.